The molecule has 0 spiro atoms. The molecule has 2 aromatic rings. The molecule has 4 rings (SSSR count). The van der Waals surface area contributed by atoms with Crippen LogP contribution in [-0.2, 0) is 37.0 Å². The van der Waals surface area contributed by atoms with Crippen molar-refractivity contribution < 1.29 is 54.6 Å². The van der Waals surface area contributed by atoms with Gasteiger partial charge in [-0.15, -0.1) is 0 Å². The molecule has 0 radical (unpaired) electrons. The highest BCUT2D eigenvalue weighted by molar-refractivity contribution is 7.99. The first-order valence-electron chi connectivity index (χ1n) is 13.1. The molecule has 1 saturated heterocycles. The number of hydrogen-bond acceptors (Lipinski definition) is 9. The number of piperazine rings is 1. The lowest BCUT2D eigenvalue weighted by Gasteiger charge is -2.38. The third-order valence-electron chi connectivity index (χ3n) is 5.94. The summed E-state index contributed by atoms with van der Waals surface area (Å²) in [5.74, 6) is -5.86. The minimum Gasteiger partial charge on any atom is -0.481 e. The van der Waals surface area contributed by atoms with Gasteiger partial charge in [-0.1, -0.05) is 42.1 Å². The first-order chi connectivity index (χ1) is 20.7. The van der Waals surface area contributed by atoms with Crippen molar-refractivity contribution in [3.63, 3.8) is 0 Å². The Kier molecular flexibility index (Phi) is 16.8. The highest BCUT2D eigenvalue weighted by Gasteiger charge is 2.29. The molecule has 13 nitrogen and oxygen atoms in total. The molecule has 238 valence electrons. The SMILES string of the molecule is CC(=O)O.CN1CCN(C2Cc3ccccc3Sc3ccc(CO)cc32)CC1.O=C(O)C=CC(=O)O.O=C(O)C=CC(=O)O. The van der Waals surface area contributed by atoms with Crippen LogP contribution in [0.2, 0.25) is 0 Å². The maximum Gasteiger partial charge on any atom is 0.328 e. The summed E-state index contributed by atoms with van der Waals surface area (Å²) in [6.45, 7) is 5.66. The zero-order chi connectivity index (χ0) is 33.2. The number of carboxylic acids is 5. The van der Waals surface area contributed by atoms with Gasteiger partial charge in [0.25, 0.3) is 5.97 Å². The van der Waals surface area contributed by atoms with Gasteiger partial charge in [0, 0.05) is 73.2 Å². The van der Waals surface area contributed by atoms with E-state index in [4.69, 9.17) is 30.3 Å². The van der Waals surface area contributed by atoms with Gasteiger partial charge >= 0.3 is 23.9 Å². The lowest BCUT2D eigenvalue weighted by Crippen LogP contribution is -2.46. The topological polar surface area (TPSA) is 213 Å². The molecule has 0 aromatic heterocycles. The average Bonchev–Trinajstić information content (AvgIpc) is 3.12. The van der Waals surface area contributed by atoms with Gasteiger partial charge in [-0.3, -0.25) is 9.69 Å². The van der Waals surface area contributed by atoms with E-state index in [9.17, 15) is 24.3 Å². The zero-order valence-electron chi connectivity index (χ0n) is 24.2. The molecule has 1 unspecified atom stereocenters. The number of fused-ring (bicyclic) bond motifs is 2. The Balaban J connectivity index is 0.000000399. The van der Waals surface area contributed by atoms with E-state index in [2.05, 4.69) is 59.3 Å². The Morgan fingerprint density at radius 3 is 1.70 bits per heavy atom. The first kappa shape index (κ1) is 37.5. The van der Waals surface area contributed by atoms with Crippen molar-refractivity contribution >= 4 is 41.6 Å². The van der Waals surface area contributed by atoms with Gasteiger partial charge < -0.3 is 35.5 Å². The first-order valence-corrected chi connectivity index (χ1v) is 13.9. The molecule has 0 aliphatic carbocycles. The van der Waals surface area contributed by atoms with Crippen molar-refractivity contribution in [2.24, 2.45) is 0 Å². The van der Waals surface area contributed by atoms with E-state index in [1.54, 1.807) is 0 Å². The van der Waals surface area contributed by atoms with Gasteiger partial charge in [0.1, 0.15) is 0 Å². The Morgan fingerprint density at radius 1 is 0.773 bits per heavy atom. The molecule has 2 aromatic carbocycles. The highest BCUT2D eigenvalue weighted by Crippen LogP contribution is 2.43. The van der Waals surface area contributed by atoms with Gasteiger partial charge in [0.15, 0.2) is 0 Å². The molecule has 0 amide bonds. The second-order valence-corrected chi connectivity index (χ2v) is 10.4. The third kappa shape index (κ3) is 15.1. The molecule has 1 fully saturated rings. The van der Waals surface area contributed by atoms with E-state index >= 15 is 0 Å². The second-order valence-electron chi connectivity index (χ2n) is 9.34. The van der Waals surface area contributed by atoms with Crippen LogP contribution in [-0.4, -0.2) is 104 Å². The predicted molar refractivity (Wildman–Crippen MR) is 161 cm³/mol. The molecule has 44 heavy (non-hydrogen) atoms. The Morgan fingerprint density at radius 2 is 1.25 bits per heavy atom. The molecule has 1 atom stereocenters. The van der Waals surface area contributed by atoms with E-state index in [0.29, 0.717) is 30.3 Å². The lowest BCUT2D eigenvalue weighted by atomic mass is 9.95. The monoisotopic (exact) mass is 632 g/mol. The largest absolute Gasteiger partial charge is 0.481 e. The van der Waals surface area contributed by atoms with Crippen LogP contribution >= 0.6 is 11.8 Å². The van der Waals surface area contributed by atoms with E-state index in [1.807, 2.05) is 11.8 Å². The van der Waals surface area contributed by atoms with Crippen molar-refractivity contribution in [1.29, 1.82) is 0 Å². The average molecular weight is 633 g/mol. The summed E-state index contributed by atoms with van der Waals surface area (Å²) in [6.07, 6.45) is 3.28. The minimum absolute atomic E-state index is 0.111. The number of aliphatic carboxylic acids is 5. The highest BCUT2D eigenvalue weighted by atomic mass is 32.2. The normalized spacial score (nSPS) is 15.9. The molecule has 2 heterocycles. The Bertz CT molecular complexity index is 1280. The number of aliphatic hydroxyl groups excluding tert-OH is 1. The molecular formula is C30H36N2O11S. The summed E-state index contributed by atoms with van der Waals surface area (Å²) < 4.78 is 0. The van der Waals surface area contributed by atoms with Gasteiger partial charge in [-0.05, 0) is 42.3 Å². The van der Waals surface area contributed by atoms with Crippen molar-refractivity contribution in [3.05, 3.63) is 83.5 Å². The van der Waals surface area contributed by atoms with Crippen LogP contribution in [0.5, 0.6) is 0 Å². The minimum atomic E-state index is -1.26. The van der Waals surface area contributed by atoms with Crippen molar-refractivity contribution in [1.82, 2.24) is 9.80 Å². The van der Waals surface area contributed by atoms with Gasteiger partial charge in [0.05, 0.1) is 6.61 Å². The van der Waals surface area contributed by atoms with E-state index < -0.39 is 29.8 Å². The van der Waals surface area contributed by atoms with Gasteiger partial charge in [0.2, 0.25) is 0 Å². The fraction of sp³-hybridized carbons (Fsp3) is 0.300. The van der Waals surface area contributed by atoms with Crippen LogP contribution in [0.15, 0.2) is 76.6 Å². The van der Waals surface area contributed by atoms with Gasteiger partial charge in [-0.25, -0.2) is 19.2 Å². The standard InChI is InChI=1S/C20H24N2OS.2C4H4O4.C2H4O2/c1-21-8-10-22(11-9-21)18-13-16-4-2-3-5-19(16)24-20-7-6-15(14-23)12-17(18)20;2*5-3(6)1-2-4(7)8;1-2(3)4/h2-7,12,18,23H,8-11,13-14H2,1H3;2*1-2H,(H,5,6)(H,7,8);1H3,(H,3,4). The van der Waals surface area contributed by atoms with Crippen molar-refractivity contribution in [2.45, 2.75) is 35.8 Å². The number of benzene rings is 2. The number of carboxylic acid groups (broad SMARTS) is 5. The number of rotatable bonds is 6. The van der Waals surface area contributed by atoms with Crippen molar-refractivity contribution in [3.8, 4) is 0 Å². The molecule has 2 aliphatic rings. The second kappa shape index (κ2) is 19.6. The number of nitrogens with zero attached hydrogens (tertiary/aromatic N) is 2. The predicted octanol–water partition coefficient (Wildman–Crippen LogP) is 2.69. The summed E-state index contributed by atoms with van der Waals surface area (Å²) in [7, 11) is 2.20. The molecule has 2 aliphatic heterocycles. The lowest BCUT2D eigenvalue weighted by molar-refractivity contribution is -0.134. The van der Waals surface area contributed by atoms with Crippen molar-refractivity contribution in [2.75, 3.05) is 33.2 Å². The number of carbonyl (C=O) groups is 5. The Labute approximate surface area is 258 Å². The maximum absolute atomic E-state index is 9.59. The summed E-state index contributed by atoms with van der Waals surface area (Å²) in [5.41, 5.74) is 3.83. The zero-order valence-corrected chi connectivity index (χ0v) is 25.0. The maximum atomic E-state index is 9.59. The Hall–Kier alpha value is -4.50. The number of hydrogen-bond donors (Lipinski definition) is 6. The quantitative estimate of drug-likeness (QED) is 0.253. The third-order valence-corrected chi connectivity index (χ3v) is 7.15. The van der Waals surface area contributed by atoms with Crippen LogP contribution in [0, 0.1) is 0 Å². The number of likely N-dealkylation sites (N-methyl/N-ethyl adjacent to an activating group) is 1. The van der Waals surface area contributed by atoms with Crippen LogP contribution in [0.1, 0.15) is 29.7 Å². The smallest absolute Gasteiger partial charge is 0.328 e. The summed E-state index contributed by atoms with van der Waals surface area (Å²) in [5, 5.41) is 48.3. The fourth-order valence-corrected chi connectivity index (χ4v) is 5.12. The fourth-order valence-electron chi connectivity index (χ4n) is 4.00. The van der Waals surface area contributed by atoms with E-state index in [0.717, 1.165) is 45.1 Å². The van der Waals surface area contributed by atoms with Crippen LogP contribution in [0.25, 0.3) is 0 Å². The summed E-state index contributed by atoms with van der Waals surface area (Å²) in [6, 6.07) is 15.6. The number of aliphatic hydroxyl groups is 1. The van der Waals surface area contributed by atoms with Crippen LogP contribution < -0.4 is 0 Å². The molecule has 6 N–H and O–H groups in total. The molecule has 0 saturated carbocycles. The van der Waals surface area contributed by atoms with Crippen LogP contribution in [0.4, 0.5) is 0 Å². The summed E-state index contributed by atoms with van der Waals surface area (Å²) >= 11 is 1.87. The van der Waals surface area contributed by atoms with Gasteiger partial charge in [-0.2, -0.15) is 0 Å². The van der Waals surface area contributed by atoms with E-state index in [1.165, 1.54) is 20.9 Å². The molecular weight excluding hydrogens is 596 g/mol. The van der Waals surface area contributed by atoms with E-state index in [-0.39, 0.29) is 6.61 Å². The molecule has 14 heteroatoms. The molecule has 0 bridgehead atoms. The van der Waals surface area contributed by atoms with Crippen LogP contribution in [0.3, 0.4) is 0 Å². The summed E-state index contributed by atoms with van der Waals surface area (Å²) in [4.78, 5) is 54.9.